The van der Waals surface area contributed by atoms with Crippen LogP contribution in [0.1, 0.15) is 37.8 Å². The van der Waals surface area contributed by atoms with E-state index in [1.807, 2.05) is 22.4 Å². The molecule has 4 rings (SSSR count). The number of benzene rings is 1. The smallest absolute Gasteiger partial charge is 0.338 e. The first-order valence-corrected chi connectivity index (χ1v) is 12.0. The average molecular weight is 488 g/mol. The number of nitrogens with zero attached hydrogens (tertiary/aromatic N) is 2. The van der Waals surface area contributed by atoms with Crippen LogP contribution in [-0.4, -0.2) is 62.5 Å². The molecule has 0 unspecified atom stereocenters. The molecule has 1 amide bonds. The summed E-state index contributed by atoms with van der Waals surface area (Å²) in [6.07, 6.45) is 2.17. The van der Waals surface area contributed by atoms with E-state index in [-0.39, 0.29) is 18.4 Å². The zero-order valence-corrected chi connectivity index (χ0v) is 20.6. The summed E-state index contributed by atoms with van der Waals surface area (Å²) in [4.78, 5) is 32.2. The van der Waals surface area contributed by atoms with Crippen LogP contribution in [0.25, 0.3) is 0 Å². The van der Waals surface area contributed by atoms with E-state index in [2.05, 4.69) is 10.3 Å². The highest BCUT2D eigenvalue weighted by molar-refractivity contribution is 8.16. The number of carbonyl (C=O) groups is 2. The molecule has 10 heteroatoms. The summed E-state index contributed by atoms with van der Waals surface area (Å²) in [5.41, 5.74) is 2.43. The predicted molar refractivity (Wildman–Crippen MR) is 129 cm³/mol. The fourth-order valence-corrected chi connectivity index (χ4v) is 5.30. The second-order valence-electron chi connectivity index (χ2n) is 8.11. The number of ether oxygens (including phenoxy) is 4. The Bertz CT molecular complexity index is 1060. The number of rotatable bonds is 8. The maximum absolute atomic E-state index is 12.9. The van der Waals surface area contributed by atoms with Crippen molar-refractivity contribution in [1.29, 1.82) is 0 Å². The van der Waals surface area contributed by atoms with Gasteiger partial charge < -0.3 is 29.2 Å². The first-order valence-electron chi connectivity index (χ1n) is 11.1. The van der Waals surface area contributed by atoms with Gasteiger partial charge in [-0.2, -0.15) is 0 Å². The summed E-state index contributed by atoms with van der Waals surface area (Å²) < 4.78 is 21.7. The number of methoxy groups -OCH3 is 3. The Balaban J connectivity index is 1.66. The number of hydrogen-bond acceptors (Lipinski definition) is 9. The maximum Gasteiger partial charge on any atom is 0.338 e. The quantitative estimate of drug-likeness (QED) is 0.559. The zero-order valence-electron chi connectivity index (χ0n) is 19.8. The van der Waals surface area contributed by atoms with E-state index >= 15 is 0 Å². The lowest BCUT2D eigenvalue weighted by molar-refractivity contribution is -0.136. The van der Waals surface area contributed by atoms with Gasteiger partial charge in [0.25, 0.3) is 0 Å². The van der Waals surface area contributed by atoms with Gasteiger partial charge in [-0.05, 0) is 37.3 Å². The molecule has 1 aromatic rings. The van der Waals surface area contributed by atoms with Gasteiger partial charge in [-0.3, -0.25) is 4.79 Å². The van der Waals surface area contributed by atoms with Crippen molar-refractivity contribution in [3.63, 3.8) is 0 Å². The Morgan fingerprint density at radius 3 is 2.76 bits per heavy atom. The Hall–Kier alpha value is -2.98. The van der Waals surface area contributed by atoms with E-state index in [1.165, 1.54) is 18.9 Å². The van der Waals surface area contributed by atoms with Gasteiger partial charge in [-0.1, -0.05) is 11.8 Å². The Kier molecular flexibility index (Phi) is 7.47. The second kappa shape index (κ2) is 10.5. The molecule has 1 aromatic carbocycles. The number of carbonyl (C=O) groups excluding carboxylic acids is 2. The van der Waals surface area contributed by atoms with Crippen molar-refractivity contribution in [2.75, 3.05) is 34.5 Å². The highest BCUT2D eigenvalue weighted by Crippen LogP contribution is 2.47. The zero-order chi connectivity index (χ0) is 24.2. The lowest BCUT2D eigenvalue weighted by Crippen LogP contribution is -2.38. The molecule has 0 aromatic heterocycles. The van der Waals surface area contributed by atoms with Crippen LogP contribution in [0.15, 0.2) is 45.6 Å². The summed E-state index contributed by atoms with van der Waals surface area (Å²) in [6.45, 7) is 3.01. The topological polar surface area (TPSA) is 98.7 Å². The number of nitrogens with one attached hydrogen (secondary N) is 1. The van der Waals surface area contributed by atoms with Crippen molar-refractivity contribution in [3.8, 4) is 11.5 Å². The van der Waals surface area contributed by atoms with Crippen molar-refractivity contribution in [1.82, 2.24) is 10.2 Å². The molecule has 182 valence electrons. The summed E-state index contributed by atoms with van der Waals surface area (Å²) in [5.74, 6) is 0.585. The highest BCUT2D eigenvalue weighted by atomic mass is 32.2. The summed E-state index contributed by atoms with van der Waals surface area (Å²) in [6, 6.07) is 4.87. The number of thioether (sulfide) groups is 1. The van der Waals surface area contributed by atoms with E-state index in [0.717, 1.165) is 30.7 Å². The van der Waals surface area contributed by atoms with Crippen molar-refractivity contribution >= 4 is 28.8 Å². The van der Waals surface area contributed by atoms with E-state index in [1.54, 1.807) is 27.2 Å². The SMILES string of the molecule is COC(=O)C1=C(C)N=C2SC=C(CC(=O)NC[C@H]3CCCO3)N2[C@H]1c1ccc(OC)cc1OC. The van der Waals surface area contributed by atoms with Crippen LogP contribution in [0, 0.1) is 0 Å². The molecule has 0 aliphatic carbocycles. The van der Waals surface area contributed by atoms with Crippen LogP contribution < -0.4 is 14.8 Å². The predicted octanol–water partition coefficient (Wildman–Crippen LogP) is 3.14. The van der Waals surface area contributed by atoms with Crippen molar-refractivity contribution in [2.45, 2.75) is 38.3 Å². The van der Waals surface area contributed by atoms with Crippen molar-refractivity contribution in [2.24, 2.45) is 4.99 Å². The first-order chi connectivity index (χ1) is 16.5. The third kappa shape index (κ3) is 4.78. The fraction of sp³-hybridized carbons (Fsp3) is 0.458. The van der Waals surface area contributed by atoms with Gasteiger partial charge >= 0.3 is 5.97 Å². The van der Waals surface area contributed by atoms with E-state index in [4.69, 9.17) is 18.9 Å². The summed E-state index contributed by atoms with van der Waals surface area (Å²) in [5, 5.41) is 5.56. The van der Waals surface area contributed by atoms with Crippen LogP contribution in [0.5, 0.6) is 11.5 Å². The van der Waals surface area contributed by atoms with Crippen molar-refractivity contribution in [3.05, 3.63) is 46.1 Å². The average Bonchev–Trinajstić information content (AvgIpc) is 3.51. The monoisotopic (exact) mass is 487 g/mol. The molecular formula is C24H29N3O6S. The standard InChI is InChI=1S/C24H29N3O6S/c1-14-21(23(29)32-4)22(18-8-7-16(30-2)11-19(18)31-3)27-15(13-34-24(27)26-14)10-20(28)25-12-17-6-5-9-33-17/h7-8,11,13,17,22H,5-6,9-10,12H2,1-4H3,(H,25,28)/t17-,22+/m1/s1. The van der Waals surface area contributed by atoms with Crippen LogP contribution in [-0.2, 0) is 19.1 Å². The van der Waals surface area contributed by atoms with Gasteiger partial charge in [0, 0.05) is 30.5 Å². The van der Waals surface area contributed by atoms with Crippen LogP contribution in [0.2, 0.25) is 0 Å². The third-order valence-electron chi connectivity index (χ3n) is 6.03. The Labute approximate surface area is 203 Å². The minimum Gasteiger partial charge on any atom is -0.497 e. The Morgan fingerprint density at radius 2 is 2.09 bits per heavy atom. The molecule has 1 N–H and O–H groups in total. The van der Waals surface area contributed by atoms with E-state index in [9.17, 15) is 9.59 Å². The molecule has 3 aliphatic heterocycles. The number of hydrogen-bond donors (Lipinski definition) is 1. The molecule has 3 heterocycles. The van der Waals surface area contributed by atoms with E-state index in [0.29, 0.717) is 34.5 Å². The van der Waals surface area contributed by atoms with Crippen molar-refractivity contribution < 1.29 is 28.5 Å². The maximum atomic E-state index is 12.9. The minimum atomic E-state index is -0.576. The number of allylic oxidation sites excluding steroid dienone is 1. The van der Waals surface area contributed by atoms with Gasteiger partial charge in [0.2, 0.25) is 5.91 Å². The first kappa shape index (κ1) is 24.2. The highest BCUT2D eigenvalue weighted by Gasteiger charge is 2.42. The molecule has 0 radical (unpaired) electrons. The third-order valence-corrected chi connectivity index (χ3v) is 6.92. The minimum absolute atomic E-state index is 0.0656. The van der Waals surface area contributed by atoms with Gasteiger partial charge in [0.15, 0.2) is 5.17 Å². The number of esters is 1. The molecule has 9 nitrogen and oxygen atoms in total. The van der Waals surface area contributed by atoms with Gasteiger partial charge in [-0.15, -0.1) is 0 Å². The molecule has 34 heavy (non-hydrogen) atoms. The summed E-state index contributed by atoms with van der Waals surface area (Å²) >= 11 is 1.42. The van der Waals surface area contributed by atoms with Gasteiger partial charge in [0.05, 0.1) is 51.2 Å². The fourth-order valence-electron chi connectivity index (χ4n) is 4.34. The molecule has 0 spiro atoms. The number of aliphatic imine (C=N–C) groups is 1. The number of fused-ring (bicyclic) bond motifs is 1. The van der Waals surface area contributed by atoms with E-state index < -0.39 is 12.0 Å². The normalized spacial score (nSPS) is 21.6. The van der Waals surface area contributed by atoms with Gasteiger partial charge in [-0.25, -0.2) is 9.79 Å². The van der Waals surface area contributed by atoms with Gasteiger partial charge in [0.1, 0.15) is 11.5 Å². The molecule has 0 saturated carbocycles. The van der Waals surface area contributed by atoms with Crippen LogP contribution in [0.4, 0.5) is 0 Å². The molecule has 1 fully saturated rings. The molecular weight excluding hydrogens is 458 g/mol. The second-order valence-corrected chi connectivity index (χ2v) is 8.94. The number of amides is 1. The lowest BCUT2D eigenvalue weighted by Gasteiger charge is -2.36. The molecule has 2 atom stereocenters. The lowest BCUT2D eigenvalue weighted by atomic mass is 9.93. The van der Waals surface area contributed by atoms with Crippen LogP contribution in [0.3, 0.4) is 0 Å². The summed E-state index contributed by atoms with van der Waals surface area (Å²) in [7, 11) is 4.49. The Morgan fingerprint density at radius 1 is 1.26 bits per heavy atom. The number of amidine groups is 1. The molecule has 0 bridgehead atoms. The largest absolute Gasteiger partial charge is 0.497 e. The molecule has 3 aliphatic rings. The van der Waals surface area contributed by atoms with Crippen LogP contribution >= 0.6 is 11.8 Å². The molecule has 1 saturated heterocycles.